The van der Waals surface area contributed by atoms with Crippen molar-refractivity contribution in [1.82, 2.24) is 14.5 Å². The van der Waals surface area contributed by atoms with Gasteiger partial charge in [0, 0.05) is 24.1 Å². The molecule has 0 bridgehead atoms. The van der Waals surface area contributed by atoms with Gasteiger partial charge in [-0.3, -0.25) is 4.90 Å². The summed E-state index contributed by atoms with van der Waals surface area (Å²) < 4.78 is 4.54. The Morgan fingerprint density at radius 3 is 2.57 bits per heavy atom. The van der Waals surface area contributed by atoms with Gasteiger partial charge in [0.25, 0.3) is 0 Å². The molecule has 1 aromatic heterocycles. The van der Waals surface area contributed by atoms with Crippen LogP contribution in [0.3, 0.4) is 0 Å². The first-order chi connectivity index (χ1) is 10.0. The van der Waals surface area contributed by atoms with E-state index in [1.54, 1.807) is 0 Å². The van der Waals surface area contributed by atoms with E-state index in [2.05, 4.69) is 28.3 Å². The molecule has 0 fully saturated rings. The lowest BCUT2D eigenvalue weighted by Gasteiger charge is -2.28. The third kappa shape index (κ3) is 4.30. The standard InChI is InChI=1S/C14H16Cl3N3S/c1-3-6-20(8-13-14(17)21-19-18-13)9(2)10-4-5-11(15)12(16)7-10/h4-5,7,9H,3,6,8H2,1-2H3/t9-/m1/s1. The Morgan fingerprint density at radius 1 is 1.24 bits per heavy atom. The molecule has 2 aromatic rings. The second-order valence-corrected chi connectivity index (χ2v) is 6.98. The lowest BCUT2D eigenvalue weighted by atomic mass is 10.1. The Hall–Kier alpha value is -0.390. The molecule has 0 saturated carbocycles. The molecule has 0 aliphatic rings. The molecule has 0 amide bonds. The first kappa shape index (κ1) is 17.0. The van der Waals surface area contributed by atoms with E-state index in [4.69, 9.17) is 34.8 Å². The third-order valence-electron chi connectivity index (χ3n) is 3.35. The van der Waals surface area contributed by atoms with Crippen molar-refractivity contribution in [2.24, 2.45) is 0 Å². The quantitative estimate of drug-likeness (QED) is 0.680. The first-order valence-electron chi connectivity index (χ1n) is 6.68. The summed E-state index contributed by atoms with van der Waals surface area (Å²) in [6, 6.07) is 5.94. The number of halogens is 3. The zero-order chi connectivity index (χ0) is 15.4. The molecule has 0 radical (unpaired) electrons. The molecule has 114 valence electrons. The predicted molar refractivity (Wildman–Crippen MR) is 90.5 cm³/mol. The highest BCUT2D eigenvalue weighted by molar-refractivity contribution is 7.10. The molecule has 21 heavy (non-hydrogen) atoms. The molecule has 3 nitrogen and oxygen atoms in total. The fraction of sp³-hybridized carbons (Fsp3) is 0.429. The second kappa shape index (κ2) is 7.75. The van der Waals surface area contributed by atoms with Gasteiger partial charge in [0.1, 0.15) is 10.0 Å². The summed E-state index contributed by atoms with van der Waals surface area (Å²) in [5.74, 6) is 0. The van der Waals surface area contributed by atoms with E-state index in [1.165, 1.54) is 11.5 Å². The number of nitrogens with zero attached hydrogens (tertiary/aromatic N) is 3. The summed E-state index contributed by atoms with van der Waals surface area (Å²) in [6.45, 7) is 5.90. The van der Waals surface area contributed by atoms with Crippen LogP contribution in [-0.2, 0) is 6.54 Å². The maximum absolute atomic E-state index is 6.12. The van der Waals surface area contributed by atoms with Crippen molar-refractivity contribution < 1.29 is 0 Å². The maximum Gasteiger partial charge on any atom is 0.138 e. The lowest BCUT2D eigenvalue weighted by Crippen LogP contribution is -2.27. The minimum absolute atomic E-state index is 0.192. The normalized spacial score (nSPS) is 12.9. The van der Waals surface area contributed by atoms with Crippen molar-refractivity contribution in [2.75, 3.05) is 6.54 Å². The van der Waals surface area contributed by atoms with E-state index < -0.39 is 0 Å². The summed E-state index contributed by atoms with van der Waals surface area (Å²) in [5.41, 5.74) is 1.94. The largest absolute Gasteiger partial charge is 0.291 e. The molecule has 1 atom stereocenters. The van der Waals surface area contributed by atoms with Gasteiger partial charge < -0.3 is 0 Å². The second-order valence-electron chi connectivity index (χ2n) is 4.81. The summed E-state index contributed by atoms with van der Waals surface area (Å²) >= 11 is 19.4. The Bertz CT molecular complexity index is 603. The van der Waals surface area contributed by atoms with Gasteiger partial charge in [0.15, 0.2) is 0 Å². The highest BCUT2D eigenvalue weighted by atomic mass is 35.5. The van der Waals surface area contributed by atoms with Gasteiger partial charge in [-0.25, -0.2) is 0 Å². The summed E-state index contributed by atoms with van der Waals surface area (Å²) in [6.07, 6.45) is 1.04. The molecule has 2 rings (SSSR count). The molecule has 7 heteroatoms. The van der Waals surface area contributed by atoms with Crippen molar-refractivity contribution in [3.63, 3.8) is 0 Å². The number of rotatable bonds is 6. The topological polar surface area (TPSA) is 29.0 Å². The van der Waals surface area contributed by atoms with Crippen molar-refractivity contribution in [3.05, 3.63) is 43.8 Å². The Morgan fingerprint density at radius 2 is 2.00 bits per heavy atom. The SMILES string of the molecule is CCCN(Cc1nnsc1Cl)[C@H](C)c1ccc(Cl)c(Cl)c1. The highest BCUT2D eigenvalue weighted by Crippen LogP contribution is 2.30. The van der Waals surface area contributed by atoms with Crippen molar-refractivity contribution in [2.45, 2.75) is 32.9 Å². The number of aromatic nitrogens is 2. The zero-order valence-corrected chi connectivity index (χ0v) is 14.9. The van der Waals surface area contributed by atoms with Crippen LogP contribution in [0.4, 0.5) is 0 Å². The monoisotopic (exact) mass is 363 g/mol. The first-order valence-corrected chi connectivity index (χ1v) is 8.59. The maximum atomic E-state index is 6.12. The Kier molecular flexibility index (Phi) is 6.26. The van der Waals surface area contributed by atoms with E-state index in [-0.39, 0.29) is 6.04 Å². The van der Waals surface area contributed by atoms with Crippen molar-refractivity contribution in [1.29, 1.82) is 0 Å². The van der Waals surface area contributed by atoms with Crippen LogP contribution < -0.4 is 0 Å². The summed E-state index contributed by atoms with van der Waals surface area (Å²) in [7, 11) is 0. The molecule has 0 N–H and O–H groups in total. The van der Waals surface area contributed by atoms with E-state index in [1.807, 2.05) is 18.2 Å². The predicted octanol–water partition coefficient (Wildman–Crippen LogP) is 5.47. The lowest BCUT2D eigenvalue weighted by molar-refractivity contribution is 0.199. The fourth-order valence-electron chi connectivity index (χ4n) is 2.16. The number of hydrogen-bond acceptors (Lipinski definition) is 4. The van der Waals surface area contributed by atoms with Crippen LogP contribution in [0, 0.1) is 0 Å². The van der Waals surface area contributed by atoms with Crippen molar-refractivity contribution in [3.8, 4) is 0 Å². The molecule has 0 aliphatic heterocycles. The van der Waals surface area contributed by atoms with E-state index >= 15 is 0 Å². The van der Waals surface area contributed by atoms with Crippen LogP contribution in [0.15, 0.2) is 18.2 Å². The van der Waals surface area contributed by atoms with Crippen LogP contribution in [0.2, 0.25) is 14.4 Å². The molecule has 1 aromatic carbocycles. The van der Waals surface area contributed by atoms with Gasteiger partial charge >= 0.3 is 0 Å². The average molecular weight is 365 g/mol. The summed E-state index contributed by atoms with van der Waals surface area (Å²) in [4.78, 5) is 2.31. The van der Waals surface area contributed by atoms with Crippen LogP contribution in [0.5, 0.6) is 0 Å². The Balaban J connectivity index is 2.20. The van der Waals surface area contributed by atoms with Gasteiger partial charge in [0.05, 0.1) is 10.0 Å². The molecule has 0 saturated heterocycles. The number of benzene rings is 1. The number of hydrogen-bond donors (Lipinski definition) is 0. The molecule has 0 unspecified atom stereocenters. The average Bonchev–Trinajstić information content (AvgIpc) is 2.86. The zero-order valence-electron chi connectivity index (χ0n) is 11.8. The Labute approximate surface area is 144 Å². The van der Waals surface area contributed by atoms with E-state index in [0.29, 0.717) is 20.9 Å². The fourth-order valence-corrected chi connectivity index (χ4v) is 3.08. The van der Waals surface area contributed by atoms with Gasteiger partial charge in [-0.2, -0.15) is 0 Å². The van der Waals surface area contributed by atoms with E-state index in [9.17, 15) is 0 Å². The highest BCUT2D eigenvalue weighted by Gasteiger charge is 2.19. The van der Waals surface area contributed by atoms with Gasteiger partial charge in [-0.05, 0) is 37.6 Å². The van der Waals surface area contributed by atoms with Gasteiger partial charge in [-0.1, -0.05) is 52.3 Å². The van der Waals surface area contributed by atoms with Crippen LogP contribution in [-0.4, -0.2) is 21.0 Å². The molecule has 1 heterocycles. The summed E-state index contributed by atoms with van der Waals surface area (Å²) in [5, 5.41) is 5.24. The van der Waals surface area contributed by atoms with Crippen LogP contribution >= 0.6 is 46.3 Å². The molecule has 0 spiro atoms. The van der Waals surface area contributed by atoms with E-state index in [0.717, 1.165) is 24.2 Å². The smallest absolute Gasteiger partial charge is 0.138 e. The minimum Gasteiger partial charge on any atom is -0.291 e. The van der Waals surface area contributed by atoms with Crippen LogP contribution in [0.25, 0.3) is 0 Å². The van der Waals surface area contributed by atoms with Gasteiger partial charge in [0.2, 0.25) is 0 Å². The third-order valence-corrected chi connectivity index (χ3v) is 5.07. The van der Waals surface area contributed by atoms with Crippen LogP contribution in [0.1, 0.15) is 37.6 Å². The minimum atomic E-state index is 0.192. The molecular formula is C14H16Cl3N3S. The molecule has 0 aliphatic carbocycles. The molecular weight excluding hydrogens is 349 g/mol. The van der Waals surface area contributed by atoms with Crippen molar-refractivity contribution >= 4 is 46.3 Å². The van der Waals surface area contributed by atoms with Gasteiger partial charge in [-0.15, -0.1) is 5.10 Å².